The van der Waals surface area contributed by atoms with Crippen molar-refractivity contribution in [1.29, 1.82) is 0 Å². The lowest BCUT2D eigenvalue weighted by Gasteiger charge is -2.30. The topological polar surface area (TPSA) is 193 Å². The number of nitrogens with zero attached hydrogens (tertiary/aromatic N) is 4. The molecule has 4 heterocycles. The normalized spacial score (nSPS) is 17.6. The molecule has 316 valence electrons. The fourth-order valence-corrected chi connectivity index (χ4v) is 7.80. The number of hydrogen-bond acceptors (Lipinski definition) is 10. The molecule has 2 saturated heterocycles. The Hall–Kier alpha value is -5.90. The molecule has 0 unspecified atom stereocenters. The number of rotatable bonds is 15. The Labute approximate surface area is 344 Å². The number of hydrogen-bond donors (Lipinski definition) is 4. The van der Waals surface area contributed by atoms with Gasteiger partial charge in [-0.3, -0.25) is 9.59 Å². The molecule has 0 aliphatic carbocycles. The predicted molar refractivity (Wildman–Crippen MR) is 220 cm³/mol. The largest absolute Gasteiger partial charge is 0.491 e. The molecule has 2 aromatic heterocycles. The predicted octanol–water partition coefficient (Wildman–Crippen LogP) is 6.25. The first-order valence-electron chi connectivity index (χ1n) is 20.2. The maximum Gasteiger partial charge on any atom is 0.407 e. The van der Waals surface area contributed by atoms with Crippen LogP contribution in [0, 0.1) is 11.8 Å². The van der Waals surface area contributed by atoms with Crippen molar-refractivity contribution in [2.75, 3.05) is 47.6 Å². The molecule has 59 heavy (non-hydrogen) atoms. The van der Waals surface area contributed by atoms with Gasteiger partial charge in [0.2, 0.25) is 11.8 Å². The molecule has 4 aromatic rings. The number of carbonyl (C=O) groups excluding carboxylic acids is 4. The Bertz CT molecular complexity index is 2080. The van der Waals surface area contributed by atoms with E-state index in [0.717, 1.165) is 59.3 Å². The van der Waals surface area contributed by atoms with Crippen LogP contribution in [-0.2, 0) is 23.8 Å². The molecule has 16 nitrogen and oxygen atoms in total. The third-order valence-electron chi connectivity index (χ3n) is 11.0. The second kappa shape index (κ2) is 19.2. The Morgan fingerprint density at radius 2 is 1.17 bits per heavy atom. The van der Waals surface area contributed by atoms with Crippen LogP contribution in [0.4, 0.5) is 9.59 Å². The number of amides is 4. The summed E-state index contributed by atoms with van der Waals surface area (Å²) in [4.78, 5) is 71.2. The van der Waals surface area contributed by atoms with Crippen LogP contribution in [0.3, 0.4) is 0 Å². The average Bonchev–Trinajstić information content (AvgIpc) is 4.08. The second-order valence-corrected chi connectivity index (χ2v) is 15.6. The van der Waals surface area contributed by atoms with E-state index < -0.39 is 24.3 Å². The van der Waals surface area contributed by atoms with Crippen molar-refractivity contribution >= 4 is 24.0 Å². The molecule has 0 saturated carbocycles. The fourth-order valence-electron chi connectivity index (χ4n) is 7.80. The summed E-state index contributed by atoms with van der Waals surface area (Å²) >= 11 is 0. The third-order valence-corrected chi connectivity index (χ3v) is 11.0. The monoisotopic (exact) mass is 812 g/mol. The van der Waals surface area contributed by atoms with E-state index in [4.69, 9.17) is 28.9 Å². The molecule has 4 amide bonds. The number of ether oxygens (including phenoxy) is 4. The highest BCUT2D eigenvalue weighted by molar-refractivity contribution is 5.87. The minimum atomic E-state index is -0.718. The second-order valence-electron chi connectivity index (χ2n) is 15.6. The lowest BCUT2D eigenvalue weighted by atomic mass is 10.00. The highest BCUT2D eigenvalue weighted by Crippen LogP contribution is 2.38. The summed E-state index contributed by atoms with van der Waals surface area (Å²) in [6, 6.07) is 12.2. The van der Waals surface area contributed by atoms with Gasteiger partial charge >= 0.3 is 12.2 Å². The molecule has 0 radical (unpaired) electrons. The first-order chi connectivity index (χ1) is 28.4. The molecule has 4 N–H and O–H groups in total. The Morgan fingerprint density at radius 1 is 0.695 bits per heavy atom. The number of aromatic nitrogens is 4. The minimum Gasteiger partial charge on any atom is -0.491 e. The van der Waals surface area contributed by atoms with Crippen molar-refractivity contribution < 1.29 is 38.1 Å². The van der Waals surface area contributed by atoms with Crippen LogP contribution in [0.2, 0.25) is 0 Å². The van der Waals surface area contributed by atoms with Crippen molar-refractivity contribution in [3.05, 3.63) is 66.5 Å². The van der Waals surface area contributed by atoms with Crippen LogP contribution in [0.5, 0.6) is 5.75 Å². The lowest BCUT2D eigenvalue weighted by molar-refractivity contribution is -0.136. The van der Waals surface area contributed by atoms with Crippen LogP contribution in [-0.4, -0.2) is 113 Å². The van der Waals surface area contributed by atoms with Gasteiger partial charge in [0.25, 0.3) is 0 Å². The zero-order valence-electron chi connectivity index (χ0n) is 34.9. The lowest BCUT2D eigenvalue weighted by Crippen LogP contribution is -2.51. The van der Waals surface area contributed by atoms with Gasteiger partial charge < -0.3 is 49.3 Å². The molecule has 2 aliphatic rings. The average molecular weight is 813 g/mol. The van der Waals surface area contributed by atoms with E-state index >= 15 is 0 Å². The molecule has 2 aliphatic heterocycles. The highest BCUT2D eigenvalue weighted by atomic mass is 16.5. The van der Waals surface area contributed by atoms with Gasteiger partial charge in [0, 0.05) is 31.3 Å². The molecular formula is C43H56N8O8. The summed E-state index contributed by atoms with van der Waals surface area (Å²) in [6.07, 6.45) is 5.43. The Balaban J connectivity index is 1.19. The smallest absolute Gasteiger partial charge is 0.407 e. The molecular weight excluding hydrogens is 757 g/mol. The van der Waals surface area contributed by atoms with Gasteiger partial charge in [-0.15, -0.1) is 0 Å². The molecule has 6 rings (SSSR count). The van der Waals surface area contributed by atoms with Crippen LogP contribution in [0.25, 0.3) is 33.6 Å². The summed E-state index contributed by atoms with van der Waals surface area (Å²) in [5, 5.41) is 5.39. The van der Waals surface area contributed by atoms with Crippen molar-refractivity contribution in [3.8, 4) is 39.4 Å². The van der Waals surface area contributed by atoms with Crippen LogP contribution >= 0.6 is 0 Å². The van der Waals surface area contributed by atoms with E-state index in [1.54, 1.807) is 29.3 Å². The number of aromatic amines is 2. The Morgan fingerprint density at radius 3 is 1.64 bits per heavy atom. The number of carbonyl (C=O) groups is 4. The number of nitrogens with one attached hydrogen (secondary N) is 4. The van der Waals surface area contributed by atoms with Crippen LogP contribution < -0.4 is 15.4 Å². The van der Waals surface area contributed by atoms with E-state index in [-0.39, 0.29) is 35.7 Å². The van der Waals surface area contributed by atoms with Crippen molar-refractivity contribution in [2.24, 2.45) is 11.8 Å². The zero-order chi connectivity index (χ0) is 42.2. The highest BCUT2D eigenvalue weighted by Gasteiger charge is 2.39. The summed E-state index contributed by atoms with van der Waals surface area (Å²) in [5.74, 6) is 1.48. The first-order valence-corrected chi connectivity index (χ1v) is 20.2. The standard InChI is InChI=1S/C43H56N8O8/c1-25(2)36(48-42(54)57-6)40(52)50-18-8-10-33(50)38-44-23-31(46-38)28-14-12-27(13-15-28)30-17-16-29(22-35(30)59-21-20-56-5)32-24-45-39(47-32)34-11-9-19-51(34)41(53)37(26(3)4)49-43(55)58-7/h12-17,22-26,33-34,36-37H,8-11,18-21H2,1-7H3,(H,44,46)(H,45,47)(H,48,54)(H,49,55)/t33-,34-,36-,37-/m0/s1. The van der Waals surface area contributed by atoms with Gasteiger partial charge in [-0.1, -0.05) is 58.0 Å². The molecule has 0 spiro atoms. The number of methoxy groups -OCH3 is 3. The van der Waals surface area contributed by atoms with Crippen LogP contribution in [0.15, 0.2) is 54.9 Å². The number of benzene rings is 2. The quantitative estimate of drug-likeness (QED) is 0.0998. The maximum atomic E-state index is 13.7. The maximum absolute atomic E-state index is 13.7. The number of likely N-dealkylation sites (tertiary alicyclic amines) is 2. The SMILES string of the molecule is COCCOc1cc(-c2cnc([C@@H]3CCCN3C(=O)[C@@H](NC(=O)OC)C(C)C)[nH]2)ccc1-c1ccc(-c2cnc([C@@H]3CCCN3C(=O)[C@@H](NC(=O)OC)C(C)C)[nH]2)cc1. The summed E-state index contributed by atoms with van der Waals surface area (Å²) in [5.41, 5.74) is 5.24. The van der Waals surface area contributed by atoms with Crippen molar-refractivity contribution in [1.82, 2.24) is 40.4 Å². The molecule has 16 heteroatoms. The fraction of sp³-hybridized carbons (Fsp3) is 0.488. The first kappa shape index (κ1) is 42.7. The Kier molecular flexibility index (Phi) is 13.9. The number of H-pyrrole nitrogens is 2. The molecule has 2 fully saturated rings. The van der Waals surface area contributed by atoms with Gasteiger partial charge in [-0.2, -0.15) is 0 Å². The summed E-state index contributed by atoms with van der Waals surface area (Å²) in [7, 11) is 4.20. The zero-order valence-corrected chi connectivity index (χ0v) is 34.9. The van der Waals surface area contributed by atoms with Gasteiger partial charge in [0.1, 0.15) is 36.1 Å². The van der Waals surface area contributed by atoms with E-state index in [2.05, 4.69) is 20.6 Å². The third kappa shape index (κ3) is 9.70. The van der Waals surface area contributed by atoms with E-state index in [0.29, 0.717) is 43.7 Å². The van der Waals surface area contributed by atoms with Gasteiger partial charge in [-0.05, 0) is 60.8 Å². The van der Waals surface area contributed by atoms with Gasteiger partial charge in [0.15, 0.2) is 0 Å². The van der Waals surface area contributed by atoms with Gasteiger partial charge in [0.05, 0.1) is 56.7 Å². The van der Waals surface area contributed by atoms with Crippen LogP contribution in [0.1, 0.15) is 77.1 Å². The summed E-state index contributed by atoms with van der Waals surface area (Å²) < 4.78 is 21.1. The molecule has 0 bridgehead atoms. The molecule has 2 aromatic carbocycles. The van der Waals surface area contributed by atoms with Crippen molar-refractivity contribution in [2.45, 2.75) is 77.5 Å². The summed E-state index contributed by atoms with van der Waals surface area (Å²) in [6.45, 7) is 9.47. The number of alkyl carbamates (subject to hydrolysis) is 2. The van der Waals surface area contributed by atoms with E-state index in [1.807, 2.05) is 70.2 Å². The molecule has 4 atom stereocenters. The minimum absolute atomic E-state index is 0.122. The van der Waals surface area contributed by atoms with E-state index in [9.17, 15) is 19.2 Å². The number of imidazole rings is 2. The van der Waals surface area contributed by atoms with Crippen molar-refractivity contribution in [3.63, 3.8) is 0 Å². The van der Waals surface area contributed by atoms with E-state index in [1.165, 1.54) is 14.2 Å². The van der Waals surface area contributed by atoms with Gasteiger partial charge in [-0.25, -0.2) is 19.6 Å².